The van der Waals surface area contributed by atoms with Crippen molar-refractivity contribution in [3.63, 3.8) is 0 Å². The maximum atomic E-state index is 13.6. The third kappa shape index (κ3) is 5.60. The van der Waals surface area contributed by atoms with Crippen molar-refractivity contribution in [3.8, 4) is 11.9 Å². The first-order valence-corrected chi connectivity index (χ1v) is 15.0. The van der Waals surface area contributed by atoms with Gasteiger partial charge in [-0.2, -0.15) is 23.5 Å². The number of amidine groups is 1. The summed E-state index contributed by atoms with van der Waals surface area (Å²) in [7, 11) is 0. The number of hydrogen-bond acceptors (Lipinski definition) is 10. The van der Waals surface area contributed by atoms with Crippen LogP contribution in [0.5, 0.6) is 5.88 Å². The van der Waals surface area contributed by atoms with E-state index in [1.165, 1.54) is 0 Å². The Bertz CT molecular complexity index is 1510. The number of ether oxygens (including phenoxy) is 1. The fourth-order valence-electron chi connectivity index (χ4n) is 7.06. The van der Waals surface area contributed by atoms with E-state index in [9.17, 15) is 23.5 Å². The Balaban J connectivity index is 0.962. The number of aliphatic hydroxyl groups excluding tert-OH is 1. The molecule has 2 unspecified atom stereocenters. The van der Waals surface area contributed by atoms with E-state index >= 15 is 0 Å². The molecule has 11 nitrogen and oxygen atoms in total. The van der Waals surface area contributed by atoms with Gasteiger partial charge in [0.05, 0.1) is 42.3 Å². The van der Waals surface area contributed by atoms with E-state index < -0.39 is 18.0 Å². The van der Waals surface area contributed by atoms with Crippen molar-refractivity contribution in [2.45, 2.75) is 74.7 Å². The Labute approximate surface area is 252 Å². The smallest absolute Gasteiger partial charge is 0.433 e. The Hall–Kier alpha value is -3.80. The highest BCUT2D eigenvalue weighted by molar-refractivity contribution is 5.96. The normalized spacial score (nSPS) is 29.3. The number of hydrogen-bond donors (Lipinski definition) is 2. The molecule has 6 heterocycles. The van der Waals surface area contributed by atoms with Gasteiger partial charge in [-0.3, -0.25) is 19.5 Å². The number of aliphatic imine (C=N–C) groups is 2. The van der Waals surface area contributed by atoms with Gasteiger partial charge in [0.1, 0.15) is 24.0 Å². The van der Waals surface area contributed by atoms with Gasteiger partial charge in [-0.15, -0.1) is 0 Å². The van der Waals surface area contributed by atoms with E-state index in [4.69, 9.17) is 4.74 Å². The van der Waals surface area contributed by atoms with Crippen LogP contribution in [-0.2, 0) is 18.3 Å². The molecular formula is C30H34F3N9O2. The van der Waals surface area contributed by atoms with Crippen molar-refractivity contribution in [2.24, 2.45) is 15.9 Å². The second kappa shape index (κ2) is 11.3. The summed E-state index contributed by atoms with van der Waals surface area (Å²) in [5, 5.41) is 27.0. The molecule has 2 N–H and O–H groups in total. The molecule has 14 heteroatoms. The van der Waals surface area contributed by atoms with E-state index in [-0.39, 0.29) is 35.5 Å². The highest BCUT2D eigenvalue weighted by Gasteiger charge is 2.49. The predicted molar refractivity (Wildman–Crippen MR) is 154 cm³/mol. The summed E-state index contributed by atoms with van der Waals surface area (Å²) in [5.41, 5.74) is 0.111. The molecule has 0 aromatic carbocycles. The van der Waals surface area contributed by atoms with Crippen molar-refractivity contribution in [1.29, 1.82) is 5.26 Å². The molecule has 0 bridgehead atoms. The van der Waals surface area contributed by atoms with E-state index in [0.29, 0.717) is 44.5 Å². The van der Waals surface area contributed by atoms with Gasteiger partial charge in [-0.05, 0) is 43.5 Å². The zero-order chi connectivity index (χ0) is 30.5. The molecule has 3 fully saturated rings. The first-order valence-electron chi connectivity index (χ1n) is 15.0. The summed E-state index contributed by atoms with van der Waals surface area (Å²) in [6.07, 6.45) is 7.42. The molecule has 2 atom stereocenters. The summed E-state index contributed by atoms with van der Waals surface area (Å²) in [6, 6.07) is 5.18. The number of nitrogens with zero attached hydrogens (tertiary/aromatic N) is 8. The first-order chi connectivity index (χ1) is 21.2. The third-order valence-corrected chi connectivity index (χ3v) is 9.46. The maximum absolute atomic E-state index is 13.6. The average molecular weight is 610 g/mol. The Morgan fingerprint density at radius 1 is 1.18 bits per heavy atom. The molecule has 2 saturated heterocycles. The summed E-state index contributed by atoms with van der Waals surface area (Å²) in [5.74, 6) is 0.914. The summed E-state index contributed by atoms with van der Waals surface area (Å²) < 4.78 is 48.7. The summed E-state index contributed by atoms with van der Waals surface area (Å²) in [4.78, 5) is 17.0. The van der Waals surface area contributed by atoms with Gasteiger partial charge in [0, 0.05) is 56.6 Å². The lowest BCUT2D eigenvalue weighted by molar-refractivity contribution is -0.141. The first kappa shape index (κ1) is 28.9. The molecule has 0 radical (unpaired) electrons. The topological polar surface area (TPSA) is 127 Å². The van der Waals surface area contributed by atoms with E-state index in [0.717, 1.165) is 43.4 Å². The Morgan fingerprint density at radius 3 is 2.70 bits per heavy atom. The monoisotopic (exact) mass is 609 g/mol. The number of aliphatic hydroxyl groups is 1. The number of nitrogens with one attached hydrogen (secondary N) is 1. The van der Waals surface area contributed by atoms with Crippen LogP contribution in [0.15, 0.2) is 46.8 Å². The van der Waals surface area contributed by atoms with Gasteiger partial charge < -0.3 is 15.2 Å². The van der Waals surface area contributed by atoms with Crippen LogP contribution in [0, 0.1) is 17.2 Å². The standard InChI is InChI=1S/C30H34F3N9O2/c31-30(32,33)25-9-19(14-40-16-22(43)17-40)10-26(39-25)44-23-2-7-41(8-3-23)21-11-29(12-21,4-5-34)42-15-20(13-38-42)27-24-1-6-35-28(24)37-18-36-27/h1,6,9-10,13,15,18,21-24,27,43H,2-4,7-8,11-12,14,16-17H2,(H,35,36,37). The number of piperidine rings is 1. The lowest BCUT2D eigenvalue weighted by Crippen LogP contribution is -2.58. The molecule has 5 aliphatic rings. The van der Waals surface area contributed by atoms with E-state index in [1.807, 2.05) is 28.2 Å². The van der Waals surface area contributed by atoms with Crippen molar-refractivity contribution in [3.05, 3.63) is 53.6 Å². The number of β-amino-alcohol motifs (C(OH)–C–C–N with tert-alkyl or cyclic N) is 1. The van der Waals surface area contributed by atoms with Crippen LogP contribution in [-0.4, -0.2) is 86.3 Å². The minimum absolute atomic E-state index is 0.00918. The number of halogens is 3. The van der Waals surface area contributed by atoms with Gasteiger partial charge in [0.25, 0.3) is 0 Å². The third-order valence-electron chi connectivity index (χ3n) is 9.46. The molecule has 232 valence electrons. The van der Waals surface area contributed by atoms with Crippen LogP contribution in [0.4, 0.5) is 13.2 Å². The SMILES string of the molecule is N#CCC1(n2cc(C3N=CN=C4NC=CC43)cn2)CC(N2CCC(Oc3cc(CN4CC(O)C4)cc(C(F)(F)F)n3)CC2)C1. The zero-order valence-electron chi connectivity index (χ0n) is 24.1. The lowest BCUT2D eigenvalue weighted by atomic mass is 9.69. The molecule has 1 aliphatic carbocycles. The molecule has 44 heavy (non-hydrogen) atoms. The number of alkyl halides is 3. The van der Waals surface area contributed by atoms with Crippen molar-refractivity contribution >= 4 is 12.2 Å². The van der Waals surface area contributed by atoms with Gasteiger partial charge in [-0.1, -0.05) is 6.08 Å². The highest BCUT2D eigenvalue weighted by atomic mass is 19.4. The predicted octanol–water partition coefficient (Wildman–Crippen LogP) is 3.00. The number of likely N-dealkylation sites (tertiary alicyclic amines) is 2. The molecule has 0 spiro atoms. The second-order valence-electron chi connectivity index (χ2n) is 12.5. The molecular weight excluding hydrogens is 575 g/mol. The minimum Gasteiger partial charge on any atom is -0.474 e. The fraction of sp³-hybridized carbons (Fsp3) is 0.567. The molecule has 2 aromatic heterocycles. The lowest BCUT2D eigenvalue weighted by Gasteiger charge is -2.52. The summed E-state index contributed by atoms with van der Waals surface area (Å²) in [6.45, 7) is 2.69. The molecule has 0 amide bonds. The van der Waals surface area contributed by atoms with Crippen LogP contribution >= 0.6 is 0 Å². The Morgan fingerprint density at radius 2 is 1.98 bits per heavy atom. The van der Waals surface area contributed by atoms with Crippen molar-refractivity contribution in [2.75, 3.05) is 26.2 Å². The van der Waals surface area contributed by atoms with Crippen molar-refractivity contribution < 1.29 is 23.0 Å². The van der Waals surface area contributed by atoms with Crippen LogP contribution in [0.1, 0.15) is 55.0 Å². The number of nitriles is 1. The van der Waals surface area contributed by atoms with Gasteiger partial charge in [-0.25, -0.2) is 9.98 Å². The Kier molecular flexibility index (Phi) is 7.42. The van der Waals surface area contributed by atoms with Gasteiger partial charge in [0.15, 0.2) is 0 Å². The average Bonchev–Trinajstić information content (AvgIpc) is 3.64. The number of aromatic nitrogens is 3. The number of rotatable bonds is 8. The van der Waals surface area contributed by atoms with Crippen LogP contribution in [0.3, 0.4) is 0 Å². The zero-order valence-corrected chi connectivity index (χ0v) is 24.1. The van der Waals surface area contributed by atoms with Crippen molar-refractivity contribution in [1.82, 2.24) is 29.9 Å². The number of fused-ring (bicyclic) bond motifs is 1. The minimum atomic E-state index is -4.58. The quantitative estimate of drug-likeness (QED) is 0.468. The maximum Gasteiger partial charge on any atom is 0.433 e. The second-order valence-corrected chi connectivity index (χ2v) is 12.5. The number of pyridine rings is 1. The molecule has 2 aromatic rings. The molecule has 1 saturated carbocycles. The fourth-order valence-corrected chi connectivity index (χ4v) is 7.06. The van der Waals surface area contributed by atoms with Gasteiger partial charge >= 0.3 is 6.18 Å². The van der Waals surface area contributed by atoms with E-state index in [2.05, 4.69) is 42.4 Å². The van der Waals surface area contributed by atoms with E-state index in [1.54, 1.807) is 12.4 Å². The largest absolute Gasteiger partial charge is 0.474 e. The van der Waals surface area contributed by atoms with Gasteiger partial charge in [0.2, 0.25) is 5.88 Å². The highest BCUT2D eigenvalue weighted by Crippen LogP contribution is 2.46. The molecule has 4 aliphatic heterocycles. The molecule has 7 rings (SSSR count). The van der Waals surface area contributed by atoms with Crippen LogP contribution in [0.25, 0.3) is 0 Å². The summed E-state index contributed by atoms with van der Waals surface area (Å²) >= 11 is 0. The van der Waals surface area contributed by atoms with Crippen LogP contribution < -0.4 is 10.1 Å². The van der Waals surface area contributed by atoms with Crippen LogP contribution in [0.2, 0.25) is 0 Å².